The van der Waals surface area contributed by atoms with Crippen molar-refractivity contribution in [2.24, 2.45) is 0 Å². The van der Waals surface area contributed by atoms with Crippen molar-refractivity contribution in [3.8, 4) is 0 Å². The monoisotopic (exact) mass is 384 g/mol. The predicted molar refractivity (Wildman–Crippen MR) is 86.2 cm³/mol. The van der Waals surface area contributed by atoms with Gasteiger partial charge in [0.25, 0.3) is 0 Å². The van der Waals surface area contributed by atoms with E-state index < -0.39 is 11.0 Å². The normalized spacial score (nSPS) is 11.7. The Labute approximate surface area is 144 Å². The average molecular weight is 384 g/mol. The molecule has 0 nitrogen and oxygen atoms in total. The second-order valence-electron chi connectivity index (χ2n) is 4.73. The van der Waals surface area contributed by atoms with E-state index in [1.165, 1.54) is 24.3 Å². The molecule has 132 valence electrons. The first-order valence-electron chi connectivity index (χ1n) is 6.59. The highest BCUT2D eigenvalue weighted by Crippen LogP contribution is 2.37. The molecule has 0 aromatic heterocycles. The van der Waals surface area contributed by atoms with Gasteiger partial charge in [-0.3, -0.25) is 0 Å². The van der Waals surface area contributed by atoms with Crippen LogP contribution in [0, 0.1) is 13.8 Å². The molecule has 0 saturated heterocycles. The lowest BCUT2D eigenvalue weighted by molar-refractivity contribution is -0.0337. The van der Waals surface area contributed by atoms with Crippen LogP contribution in [0.25, 0.3) is 0 Å². The topological polar surface area (TPSA) is 0 Å². The van der Waals surface area contributed by atoms with Crippen LogP contribution >= 0.6 is 23.5 Å². The Morgan fingerprint density at radius 2 is 1.12 bits per heavy atom. The van der Waals surface area contributed by atoms with Crippen LogP contribution in [0.3, 0.4) is 0 Å². The summed E-state index contributed by atoms with van der Waals surface area (Å²) in [7, 11) is 0. The number of aryl methyl sites for hydroxylation is 2. The highest BCUT2D eigenvalue weighted by Gasteiger charge is 2.29. The molecule has 0 N–H and O–H groups in total. The molecule has 0 spiro atoms. The van der Waals surface area contributed by atoms with Crippen molar-refractivity contribution >= 4 is 23.5 Å². The van der Waals surface area contributed by atoms with Crippen LogP contribution in [0.5, 0.6) is 0 Å². The van der Waals surface area contributed by atoms with Gasteiger partial charge < -0.3 is 0 Å². The zero-order valence-corrected chi connectivity index (χ0v) is 14.3. The molecule has 0 bridgehead atoms. The van der Waals surface area contributed by atoms with Crippen LogP contribution in [0.2, 0.25) is 0 Å². The van der Waals surface area contributed by atoms with E-state index in [1.807, 2.05) is 6.92 Å². The van der Waals surface area contributed by atoms with Gasteiger partial charge in [0.1, 0.15) is 0 Å². The Morgan fingerprint density at radius 3 is 1.58 bits per heavy atom. The Morgan fingerprint density at radius 1 is 0.625 bits per heavy atom. The van der Waals surface area contributed by atoms with Crippen LogP contribution in [0.15, 0.2) is 58.3 Å². The summed E-state index contributed by atoms with van der Waals surface area (Å²) in [5.41, 5.74) is -6.57. The first kappa shape index (κ1) is 20.8. The van der Waals surface area contributed by atoms with Gasteiger partial charge in [-0.05, 0) is 61.6 Å². The van der Waals surface area contributed by atoms with E-state index in [1.54, 1.807) is 31.2 Å². The van der Waals surface area contributed by atoms with Gasteiger partial charge in [-0.2, -0.15) is 26.3 Å². The standard InChI is InChI=1S/2C8H7F3S/c1-6-2-4-7(5-3-6)12-8(9,10)11;1-6-3-2-4-7(5-6)12-8(9,10)11/h2*2-5H,1H3. The third-order valence-electron chi connectivity index (χ3n) is 2.48. The fourth-order valence-corrected chi connectivity index (χ4v) is 2.75. The first-order valence-corrected chi connectivity index (χ1v) is 8.23. The summed E-state index contributed by atoms with van der Waals surface area (Å²) >= 11 is -0.176. The third-order valence-corrected chi connectivity index (χ3v) is 3.94. The number of thioether (sulfide) groups is 2. The smallest absolute Gasteiger partial charge is 0.160 e. The minimum Gasteiger partial charge on any atom is -0.160 e. The Hall–Kier alpha value is -1.28. The fraction of sp³-hybridized carbons (Fsp3) is 0.250. The summed E-state index contributed by atoms with van der Waals surface area (Å²) in [6.07, 6.45) is 0. The van der Waals surface area contributed by atoms with Gasteiger partial charge >= 0.3 is 11.0 Å². The predicted octanol–water partition coefficient (Wildman–Crippen LogP) is 7.21. The van der Waals surface area contributed by atoms with E-state index in [9.17, 15) is 26.3 Å². The van der Waals surface area contributed by atoms with Crippen LogP contribution in [-0.2, 0) is 0 Å². The van der Waals surface area contributed by atoms with Crippen molar-refractivity contribution in [2.75, 3.05) is 0 Å². The van der Waals surface area contributed by atoms with Gasteiger partial charge in [0.2, 0.25) is 0 Å². The molecule has 0 saturated carbocycles. The Balaban J connectivity index is 0.000000240. The second-order valence-corrected chi connectivity index (χ2v) is 7.00. The molecule has 8 heteroatoms. The van der Waals surface area contributed by atoms with E-state index in [0.29, 0.717) is 0 Å². The van der Waals surface area contributed by atoms with Gasteiger partial charge in [0.05, 0.1) is 0 Å². The number of rotatable bonds is 2. The molecule has 0 atom stereocenters. The number of alkyl halides is 6. The maximum atomic E-state index is 11.8. The van der Waals surface area contributed by atoms with Crippen molar-refractivity contribution in [3.63, 3.8) is 0 Å². The summed E-state index contributed by atoms with van der Waals surface area (Å²) in [6.45, 7) is 3.60. The molecule has 0 unspecified atom stereocenters. The van der Waals surface area contributed by atoms with E-state index >= 15 is 0 Å². The second kappa shape index (κ2) is 8.71. The van der Waals surface area contributed by atoms with Crippen LogP contribution < -0.4 is 0 Å². The highest BCUT2D eigenvalue weighted by atomic mass is 32.2. The lowest BCUT2D eigenvalue weighted by atomic mass is 10.2. The molecule has 0 radical (unpaired) electrons. The molecule has 0 heterocycles. The average Bonchev–Trinajstić information content (AvgIpc) is 2.39. The van der Waals surface area contributed by atoms with E-state index in [0.717, 1.165) is 11.1 Å². The van der Waals surface area contributed by atoms with Crippen LogP contribution in [-0.4, -0.2) is 11.0 Å². The van der Waals surface area contributed by atoms with E-state index in [2.05, 4.69) is 0 Å². The van der Waals surface area contributed by atoms with Crippen LogP contribution in [0.1, 0.15) is 11.1 Å². The molecule has 0 aliphatic rings. The lowest BCUT2D eigenvalue weighted by Crippen LogP contribution is -1.98. The van der Waals surface area contributed by atoms with Crippen molar-refractivity contribution in [2.45, 2.75) is 34.7 Å². The maximum absolute atomic E-state index is 11.8. The molecule has 0 aliphatic heterocycles. The zero-order chi connectivity index (χ0) is 18.4. The van der Waals surface area contributed by atoms with Gasteiger partial charge in [-0.1, -0.05) is 35.4 Å². The molecule has 2 aromatic carbocycles. The van der Waals surface area contributed by atoms with Gasteiger partial charge in [-0.15, -0.1) is 0 Å². The van der Waals surface area contributed by atoms with Crippen molar-refractivity contribution < 1.29 is 26.3 Å². The summed E-state index contributed by atoms with van der Waals surface area (Å²) in [5.74, 6) is 0. The Bertz CT molecular complexity index is 632. The van der Waals surface area contributed by atoms with Crippen molar-refractivity contribution in [1.29, 1.82) is 0 Å². The molecule has 0 amide bonds. The minimum absolute atomic E-state index is 0.0851. The first-order chi connectivity index (χ1) is 10.9. The van der Waals surface area contributed by atoms with E-state index in [-0.39, 0.29) is 33.3 Å². The third kappa shape index (κ3) is 9.77. The molecule has 0 fully saturated rings. The summed E-state index contributed by atoms with van der Waals surface area (Å²) in [6, 6.07) is 12.6. The highest BCUT2D eigenvalue weighted by molar-refractivity contribution is 8.00. The quantitative estimate of drug-likeness (QED) is 0.396. The molecule has 24 heavy (non-hydrogen) atoms. The number of benzene rings is 2. The van der Waals surface area contributed by atoms with Gasteiger partial charge in [-0.25, -0.2) is 0 Å². The number of hydrogen-bond acceptors (Lipinski definition) is 2. The van der Waals surface area contributed by atoms with Crippen LogP contribution in [0.4, 0.5) is 26.3 Å². The summed E-state index contributed by atoms with van der Waals surface area (Å²) in [4.78, 5) is 0.468. The van der Waals surface area contributed by atoms with Crippen molar-refractivity contribution in [3.05, 3.63) is 59.7 Å². The molecule has 2 rings (SSSR count). The molecular weight excluding hydrogens is 370 g/mol. The van der Waals surface area contributed by atoms with E-state index in [4.69, 9.17) is 0 Å². The summed E-state index contributed by atoms with van der Waals surface area (Å²) < 4.78 is 70.9. The zero-order valence-electron chi connectivity index (χ0n) is 12.7. The summed E-state index contributed by atoms with van der Waals surface area (Å²) in [5, 5.41) is 0. The number of hydrogen-bond donors (Lipinski definition) is 0. The number of halogens is 6. The SMILES string of the molecule is Cc1ccc(SC(F)(F)F)cc1.Cc1cccc(SC(F)(F)F)c1. The van der Waals surface area contributed by atoms with Crippen molar-refractivity contribution in [1.82, 2.24) is 0 Å². The molecule has 0 aliphatic carbocycles. The lowest BCUT2D eigenvalue weighted by Gasteiger charge is -2.05. The minimum atomic E-state index is -4.19. The maximum Gasteiger partial charge on any atom is 0.446 e. The molecular formula is C16H14F6S2. The van der Waals surface area contributed by atoms with Gasteiger partial charge in [0, 0.05) is 9.79 Å². The molecule has 2 aromatic rings. The largest absolute Gasteiger partial charge is 0.446 e. The van der Waals surface area contributed by atoms with Gasteiger partial charge in [0.15, 0.2) is 0 Å². The Kier molecular flexibility index (Phi) is 7.54. The fourth-order valence-electron chi connectivity index (χ4n) is 1.55.